The third-order valence-corrected chi connectivity index (χ3v) is 4.39. The van der Waals surface area contributed by atoms with Crippen LogP contribution in [-0.4, -0.2) is 19.1 Å². The van der Waals surface area contributed by atoms with Gasteiger partial charge in [0.15, 0.2) is 18.1 Å². The fourth-order valence-electron chi connectivity index (χ4n) is 2.70. The van der Waals surface area contributed by atoms with E-state index in [0.29, 0.717) is 35.4 Å². The zero-order chi connectivity index (χ0) is 21.3. The molecule has 2 N–H and O–H groups in total. The quantitative estimate of drug-likeness (QED) is 0.472. The molecule has 0 aromatic heterocycles. The van der Waals surface area contributed by atoms with E-state index < -0.39 is 0 Å². The zero-order valence-electron chi connectivity index (χ0n) is 16.5. The van der Waals surface area contributed by atoms with E-state index in [1.165, 1.54) is 24.3 Å². The minimum Gasteiger partial charge on any atom is -0.490 e. The summed E-state index contributed by atoms with van der Waals surface area (Å²) in [6.45, 7) is 2.74. The van der Waals surface area contributed by atoms with Crippen LogP contribution in [0.15, 0.2) is 66.7 Å². The van der Waals surface area contributed by atoms with Crippen LogP contribution < -0.4 is 20.1 Å². The Morgan fingerprint density at radius 1 is 0.933 bits per heavy atom. The first-order chi connectivity index (χ1) is 14.5. The number of amides is 1. The predicted octanol–water partition coefficient (Wildman–Crippen LogP) is 5.51. The van der Waals surface area contributed by atoms with Gasteiger partial charge in [0.1, 0.15) is 5.82 Å². The van der Waals surface area contributed by atoms with Crippen LogP contribution in [0.1, 0.15) is 12.5 Å². The summed E-state index contributed by atoms with van der Waals surface area (Å²) >= 11 is 5.90. The Kier molecular flexibility index (Phi) is 7.51. The third-order valence-electron chi connectivity index (χ3n) is 4.14. The van der Waals surface area contributed by atoms with Gasteiger partial charge in [-0.3, -0.25) is 4.79 Å². The summed E-state index contributed by atoms with van der Waals surface area (Å²) in [6.07, 6.45) is 0. The van der Waals surface area contributed by atoms with Crippen molar-refractivity contribution in [3.63, 3.8) is 0 Å². The smallest absolute Gasteiger partial charge is 0.262 e. The highest BCUT2D eigenvalue weighted by Gasteiger charge is 2.10. The molecule has 0 bridgehead atoms. The van der Waals surface area contributed by atoms with Crippen molar-refractivity contribution in [2.75, 3.05) is 23.8 Å². The van der Waals surface area contributed by atoms with Crippen molar-refractivity contribution in [2.24, 2.45) is 0 Å². The number of nitrogens with one attached hydrogen (secondary N) is 2. The SMILES string of the molecule is CCOc1cc(CNc2ccc(Cl)cc2)ccc1OCC(=O)Nc1ccc(F)cc1. The van der Waals surface area contributed by atoms with Gasteiger partial charge in [-0.2, -0.15) is 0 Å². The minimum atomic E-state index is -0.365. The molecular weight excluding hydrogens is 407 g/mol. The van der Waals surface area contributed by atoms with Crippen LogP contribution in [0.25, 0.3) is 0 Å². The first kappa shape index (κ1) is 21.5. The molecule has 3 rings (SSSR count). The fraction of sp³-hybridized carbons (Fsp3) is 0.174. The van der Waals surface area contributed by atoms with Crippen molar-refractivity contribution < 1.29 is 18.7 Å². The van der Waals surface area contributed by atoms with E-state index in [4.69, 9.17) is 21.1 Å². The topological polar surface area (TPSA) is 59.6 Å². The predicted molar refractivity (Wildman–Crippen MR) is 117 cm³/mol. The van der Waals surface area contributed by atoms with E-state index in [0.717, 1.165) is 11.3 Å². The normalized spacial score (nSPS) is 10.4. The van der Waals surface area contributed by atoms with E-state index in [2.05, 4.69) is 10.6 Å². The summed E-state index contributed by atoms with van der Waals surface area (Å²) in [6, 6.07) is 18.5. The lowest BCUT2D eigenvalue weighted by Crippen LogP contribution is -2.20. The minimum absolute atomic E-state index is 0.195. The Balaban J connectivity index is 1.59. The molecule has 0 saturated carbocycles. The van der Waals surface area contributed by atoms with Crippen molar-refractivity contribution in [3.8, 4) is 11.5 Å². The molecule has 0 saturated heterocycles. The van der Waals surface area contributed by atoms with Crippen molar-refractivity contribution in [1.82, 2.24) is 0 Å². The van der Waals surface area contributed by atoms with Gasteiger partial charge in [0.2, 0.25) is 0 Å². The van der Waals surface area contributed by atoms with Crippen LogP contribution in [0.2, 0.25) is 5.02 Å². The number of ether oxygens (including phenoxy) is 2. The lowest BCUT2D eigenvalue weighted by molar-refractivity contribution is -0.118. The van der Waals surface area contributed by atoms with E-state index in [1.54, 1.807) is 6.07 Å². The Bertz CT molecular complexity index is 979. The number of hydrogen-bond acceptors (Lipinski definition) is 4. The number of halogens is 2. The molecule has 3 aromatic carbocycles. The lowest BCUT2D eigenvalue weighted by Gasteiger charge is -2.14. The Morgan fingerprint density at radius 2 is 1.63 bits per heavy atom. The molecule has 156 valence electrons. The van der Waals surface area contributed by atoms with E-state index in [-0.39, 0.29) is 18.3 Å². The number of rotatable bonds is 9. The van der Waals surface area contributed by atoms with Gasteiger partial charge in [-0.1, -0.05) is 17.7 Å². The van der Waals surface area contributed by atoms with Crippen LogP contribution >= 0.6 is 11.6 Å². The second-order valence-corrected chi connectivity index (χ2v) is 6.85. The van der Waals surface area contributed by atoms with Crippen LogP contribution in [0.5, 0.6) is 11.5 Å². The molecule has 3 aromatic rings. The molecule has 5 nitrogen and oxygen atoms in total. The molecule has 0 fully saturated rings. The molecule has 1 amide bonds. The van der Waals surface area contributed by atoms with Crippen molar-refractivity contribution in [1.29, 1.82) is 0 Å². The van der Waals surface area contributed by atoms with E-state index in [9.17, 15) is 9.18 Å². The number of hydrogen-bond donors (Lipinski definition) is 2. The number of anilines is 2. The monoisotopic (exact) mass is 428 g/mol. The number of carbonyl (C=O) groups excluding carboxylic acids is 1. The van der Waals surface area contributed by atoms with Crippen molar-refractivity contribution in [3.05, 3.63) is 83.1 Å². The van der Waals surface area contributed by atoms with Crippen LogP contribution in [0, 0.1) is 5.82 Å². The maximum atomic E-state index is 12.9. The van der Waals surface area contributed by atoms with Gasteiger partial charge in [0.05, 0.1) is 6.61 Å². The summed E-state index contributed by atoms with van der Waals surface area (Å²) in [5.41, 5.74) is 2.45. The second-order valence-electron chi connectivity index (χ2n) is 6.42. The molecule has 0 aliphatic rings. The first-order valence-corrected chi connectivity index (χ1v) is 9.84. The van der Waals surface area contributed by atoms with Crippen molar-refractivity contribution in [2.45, 2.75) is 13.5 Å². The van der Waals surface area contributed by atoms with Gasteiger partial charge in [0.25, 0.3) is 5.91 Å². The van der Waals surface area contributed by atoms with E-state index >= 15 is 0 Å². The molecule has 0 heterocycles. The number of benzene rings is 3. The summed E-state index contributed by atoms with van der Waals surface area (Å²) in [4.78, 5) is 12.1. The average molecular weight is 429 g/mol. The summed E-state index contributed by atoms with van der Waals surface area (Å²) in [5.74, 6) is 0.317. The third kappa shape index (κ3) is 6.39. The van der Waals surface area contributed by atoms with Crippen molar-refractivity contribution >= 4 is 28.9 Å². The maximum Gasteiger partial charge on any atom is 0.262 e. The highest BCUT2D eigenvalue weighted by atomic mass is 35.5. The zero-order valence-corrected chi connectivity index (χ0v) is 17.2. The van der Waals surface area contributed by atoms with Crippen LogP contribution in [0.3, 0.4) is 0 Å². The average Bonchev–Trinajstić information content (AvgIpc) is 2.74. The van der Waals surface area contributed by atoms with Crippen LogP contribution in [0.4, 0.5) is 15.8 Å². The highest BCUT2D eigenvalue weighted by Crippen LogP contribution is 2.29. The van der Waals surface area contributed by atoms with Crippen LogP contribution in [-0.2, 0) is 11.3 Å². The van der Waals surface area contributed by atoms with Gasteiger partial charge in [-0.25, -0.2) is 4.39 Å². The Morgan fingerprint density at radius 3 is 2.33 bits per heavy atom. The molecule has 0 atom stereocenters. The fourth-order valence-corrected chi connectivity index (χ4v) is 2.82. The molecular formula is C23H22ClFN2O3. The largest absolute Gasteiger partial charge is 0.490 e. The molecule has 0 aliphatic carbocycles. The molecule has 7 heteroatoms. The van der Waals surface area contributed by atoms with Gasteiger partial charge >= 0.3 is 0 Å². The van der Waals surface area contributed by atoms with E-state index in [1.807, 2.05) is 43.3 Å². The second kappa shape index (κ2) is 10.5. The maximum absolute atomic E-state index is 12.9. The standard InChI is InChI=1S/C23H22ClFN2O3/c1-2-29-22-13-16(14-26-19-8-4-17(24)5-9-19)3-12-21(22)30-15-23(28)27-20-10-6-18(25)7-11-20/h3-13,26H,2,14-15H2,1H3,(H,27,28). The van der Waals surface area contributed by atoms with Gasteiger partial charge in [0, 0.05) is 22.9 Å². The Labute approximate surface area is 179 Å². The number of carbonyl (C=O) groups is 1. The molecule has 0 radical (unpaired) electrons. The van der Waals surface area contributed by atoms with Gasteiger partial charge in [-0.15, -0.1) is 0 Å². The summed E-state index contributed by atoms with van der Waals surface area (Å²) in [5, 5.41) is 6.65. The molecule has 30 heavy (non-hydrogen) atoms. The lowest BCUT2D eigenvalue weighted by atomic mass is 10.2. The highest BCUT2D eigenvalue weighted by molar-refractivity contribution is 6.30. The Hall–Kier alpha value is -3.25. The molecule has 0 unspecified atom stereocenters. The molecule has 0 spiro atoms. The van der Waals surface area contributed by atoms with Gasteiger partial charge in [-0.05, 0) is 73.2 Å². The first-order valence-electron chi connectivity index (χ1n) is 9.47. The summed E-state index contributed by atoms with van der Waals surface area (Å²) in [7, 11) is 0. The van der Waals surface area contributed by atoms with Gasteiger partial charge < -0.3 is 20.1 Å². The summed E-state index contributed by atoms with van der Waals surface area (Å²) < 4.78 is 24.2. The molecule has 0 aliphatic heterocycles.